The van der Waals surface area contributed by atoms with Gasteiger partial charge in [0.05, 0.1) is 5.69 Å². The highest BCUT2D eigenvalue weighted by Gasteiger charge is 2.18. The van der Waals surface area contributed by atoms with E-state index >= 15 is 0 Å². The van der Waals surface area contributed by atoms with Crippen LogP contribution in [0.4, 0.5) is 5.13 Å². The van der Waals surface area contributed by atoms with Gasteiger partial charge in [0.15, 0.2) is 5.13 Å². The zero-order valence-corrected chi connectivity index (χ0v) is 10.1. The fourth-order valence-electron chi connectivity index (χ4n) is 2.07. The first kappa shape index (κ1) is 10.9. The van der Waals surface area contributed by atoms with Crippen molar-refractivity contribution in [2.24, 2.45) is 11.7 Å². The Hall–Kier alpha value is -0.610. The third-order valence-corrected chi connectivity index (χ3v) is 3.82. The van der Waals surface area contributed by atoms with Gasteiger partial charge in [-0.3, -0.25) is 0 Å². The number of rotatable bonds is 3. The number of hydrogen-bond acceptors (Lipinski definition) is 4. The number of thiazole rings is 1. The molecule has 1 aromatic rings. The van der Waals surface area contributed by atoms with Crippen LogP contribution in [0, 0.1) is 5.92 Å². The summed E-state index contributed by atoms with van der Waals surface area (Å²) in [5, 5.41) is 3.33. The van der Waals surface area contributed by atoms with Crippen LogP contribution in [-0.2, 0) is 6.42 Å². The highest BCUT2D eigenvalue weighted by atomic mass is 32.1. The Morgan fingerprint density at radius 1 is 1.67 bits per heavy atom. The van der Waals surface area contributed by atoms with Crippen LogP contribution in [0.5, 0.6) is 0 Å². The predicted molar refractivity (Wildman–Crippen MR) is 65.5 cm³/mol. The lowest BCUT2D eigenvalue weighted by atomic mass is 10.0. The van der Waals surface area contributed by atoms with Gasteiger partial charge in [0.2, 0.25) is 0 Å². The molecule has 2 heterocycles. The first-order valence-corrected chi connectivity index (χ1v) is 6.57. The minimum atomic E-state index is 0.694. The van der Waals surface area contributed by atoms with E-state index in [1.807, 2.05) is 0 Å². The predicted octanol–water partition coefficient (Wildman–Crippen LogP) is 1.88. The van der Waals surface area contributed by atoms with Crippen LogP contribution >= 0.6 is 11.3 Å². The smallest absolute Gasteiger partial charge is 0.185 e. The van der Waals surface area contributed by atoms with Gasteiger partial charge < -0.3 is 10.6 Å². The number of nitrogens with two attached hydrogens (primary N) is 1. The number of nitrogens with zero attached hydrogens (tertiary/aromatic N) is 2. The topological polar surface area (TPSA) is 42.2 Å². The van der Waals surface area contributed by atoms with Gasteiger partial charge in [-0.05, 0) is 25.3 Å². The molecular weight excluding hydrogens is 206 g/mol. The van der Waals surface area contributed by atoms with E-state index in [4.69, 9.17) is 5.73 Å². The zero-order chi connectivity index (χ0) is 10.7. The van der Waals surface area contributed by atoms with Crippen LogP contribution in [0.2, 0.25) is 0 Å². The molecule has 0 saturated carbocycles. The molecule has 3 nitrogen and oxygen atoms in total. The molecule has 0 aromatic carbocycles. The van der Waals surface area contributed by atoms with Crippen molar-refractivity contribution < 1.29 is 0 Å². The van der Waals surface area contributed by atoms with Gasteiger partial charge in [0, 0.05) is 24.9 Å². The molecule has 0 radical (unpaired) electrons. The summed E-state index contributed by atoms with van der Waals surface area (Å²) in [6.07, 6.45) is 3.56. The van der Waals surface area contributed by atoms with E-state index in [9.17, 15) is 0 Å². The van der Waals surface area contributed by atoms with Gasteiger partial charge >= 0.3 is 0 Å². The van der Waals surface area contributed by atoms with Gasteiger partial charge in [-0.15, -0.1) is 11.3 Å². The molecule has 0 amide bonds. The molecule has 4 heteroatoms. The lowest BCUT2D eigenvalue weighted by Gasteiger charge is -2.30. The largest absolute Gasteiger partial charge is 0.348 e. The maximum absolute atomic E-state index is 5.52. The van der Waals surface area contributed by atoms with Crippen LogP contribution in [0.15, 0.2) is 5.38 Å². The quantitative estimate of drug-likeness (QED) is 0.854. The van der Waals surface area contributed by atoms with Crippen molar-refractivity contribution in [2.75, 3.05) is 24.5 Å². The second-order valence-corrected chi connectivity index (χ2v) is 5.19. The monoisotopic (exact) mass is 225 g/mol. The summed E-state index contributed by atoms with van der Waals surface area (Å²) in [6.45, 7) is 5.34. The number of piperidine rings is 1. The first-order chi connectivity index (χ1) is 7.29. The average molecular weight is 225 g/mol. The lowest BCUT2D eigenvalue weighted by molar-refractivity contribution is 0.446. The molecule has 1 fully saturated rings. The zero-order valence-electron chi connectivity index (χ0n) is 9.28. The molecule has 1 aromatic heterocycles. The maximum Gasteiger partial charge on any atom is 0.185 e. The molecular formula is C11H19N3S. The minimum Gasteiger partial charge on any atom is -0.348 e. The second-order valence-electron chi connectivity index (χ2n) is 4.35. The van der Waals surface area contributed by atoms with Gasteiger partial charge in [0.1, 0.15) is 0 Å². The van der Waals surface area contributed by atoms with Crippen molar-refractivity contribution in [3.8, 4) is 0 Å². The van der Waals surface area contributed by atoms with Crippen molar-refractivity contribution in [1.29, 1.82) is 0 Å². The summed E-state index contributed by atoms with van der Waals surface area (Å²) < 4.78 is 0. The van der Waals surface area contributed by atoms with Crippen LogP contribution in [-0.4, -0.2) is 24.6 Å². The van der Waals surface area contributed by atoms with Crippen molar-refractivity contribution in [3.05, 3.63) is 11.1 Å². The van der Waals surface area contributed by atoms with Crippen LogP contribution < -0.4 is 10.6 Å². The van der Waals surface area contributed by atoms with E-state index in [0.29, 0.717) is 6.54 Å². The van der Waals surface area contributed by atoms with Crippen molar-refractivity contribution in [3.63, 3.8) is 0 Å². The van der Waals surface area contributed by atoms with Gasteiger partial charge in [-0.1, -0.05) is 6.92 Å². The average Bonchev–Trinajstić information content (AvgIpc) is 2.67. The molecule has 1 saturated heterocycles. The van der Waals surface area contributed by atoms with E-state index in [0.717, 1.165) is 24.6 Å². The van der Waals surface area contributed by atoms with Crippen molar-refractivity contribution in [1.82, 2.24) is 4.98 Å². The van der Waals surface area contributed by atoms with E-state index in [-0.39, 0.29) is 0 Å². The summed E-state index contributed by atoms with van der Waals surface area (Å²) in [5.74, 6) is 0.806. The van der Waals surface area contributed by atoms with E-state index in [2.05, 4.69) is 22.2 Å². The third-order valence-electron chi connectivity index (χ3n) is 2.87. The minimum absolute atomic E-state index is 0.694. The SMILES string of the molecule is CC1CCCN(c2nc(CCN)cs2)C1. The van der Waals surface area contributed by atoms with E-state index in [1.54, 1.807) is 11.3 Å². The van der Waals surface area contributed by atoms with Gasteiger partial charge in [0.25, 0.3) is 0 Å². The Kier molecular flexibility index (Phi) is 3.59. The molecule has 1 aliphatic heterocycles. The number of aromatic nitrogens is 1. The third kappa shape index (κ3) is 2.69. The molecule has 0 spiro atoms. The summed E-state index contributed by atoms with van der Waals surface area (Å²) in [6, 6.07) is 0. The Bertz CT molecular complexity index is 311. The van der Waals surface area contributed by atoms with Crippen LogP contribution in [0.25, 0.3) is 0 Å². The standard InChI is InChI=1S/C11H19N3S/c1-9-3-2-6-14(7-9)11-13-10(4-5-12)8-15-11/h8-9H,2-7,12H2,1H3. The fraction of sp³-hybridized carbons (Fsp3) is 0.727. The molecule has 2 N–H and O–H groups in total. The molecule has 1 aliphatic rings. The molecule has 1 atom stereocenters. The normalized spacial score (nSPS) is 22.0. The highest BCUT2D eigenvalue weighted by Crippen LogP contribution is 2.26. The van der Waals surface area contributed by atoms with Crippen LogP contribution in [0.1, 0.15) is 25.5 Å². The van der Waals surface area contributed by atoms with Crippen molar-refractivity contribution >= 4 is 16.5 Å². The summed E-state index contributed by atoms with van der Waals surface area (Å²) in [7, 11) is 0. The highest BCUT2D eigenvalue weighted by molar-refractivity contribution is 7.13. The molecule has 0 aliphatic carbocycles. The fourth-order valence-corrected chi connectivity index (χ4v) is 2.96. The summed E-state index contributed by atoms with van der Waals surface area (Å²) >= 11 is 1.76. The molecule has 2 rings (SSSR count). The molecule has 0 bridgehead atoms. The Morgan fingerprint density at radius 3 is 3.27 bits per heavy atom. The lowest BCUT2D eigenvalue weighted by Crippen LogP contribution is -2.34. The second kappa shape index (κ2) is 4.94. The summed E-state index contributed by atoms with van der Waals surface area (Å²) in [4.78, 5) is 7.04. The van der Waals surface area contributed by atoms with Gasteiger partial charge in [-0.25, -0.2) is 4.98 Å². The van der Waals surface area contributed by atoms with Crippen molar-refractivity contribution in [2.45, 2.75) is 26.2 Å². The first-order valence-electron chi connectivity index (χ1n) is 5.69. The Labute approximate surface area is 95.3 Å². The summed E-state index contributed by atoms with van der Waals surface area (Å²) in [5.41, 5.74) is 6.67. The van der Waals surface area contributed by atoms with E-state index < -0.39 is 0 Å². The van der Waals surface area contributed by atoms with Gasteiger partial charge in [-0.2, -0.15) is 0 Å². The van der Waals surface area contributed by atoms with Crippen LogP contribution in [0.3, 0.4) is 0 Å². The molecule has 15 heavy (non-hydrogen) atoms. The Morgan fingerprint density at radius 2 is 2.53 bits per heavy atom. The number of anilines is 1. The Balaban J connectivity index is 2.01. The maximum atomic E-state index is 5.52. The molecule has 1 unspecified atom stereocenters. The molecule has 84 valence electrons. The van der Waals surface area contributed by atoms with E-state index in [1.165, 1.54) is 24.5 Å². The number of hydrogen-bond donors (Lipinski definition) is 1.